The first-order chi connectivity index (χ1) is 19.4. The summed E-state index contributed by atoms with van der Waals surface area (Å²) in [5.74, 6) is 0. The van der Waals surface area contributed by atoms with Crippen molar-refractivity contribution < 1.29 is 0 Å². The van der Waals surface area contributed by atoms with Gasteiger partial charge >= 0.3 is 0 Å². The highest BCUT2D eigenvalue weighted by atomic mass is 15.1. The smallest absolute Gasteiger partial charge is 0.0723 e. The number of hydrogen-bond acceptors (Lipinski definition) is 2. The SMILES string of the molecule is c1ccc(N(c2cccc(-c3ccc4c5c(cccc35)-c3ccccc3-4)c2)c2ccnc3ccccc23)cc1. The minimum atomic E-state index is 0.985. The molecule has 2 nitrogen and oxygen atoms in total. The molecule has 0 bridgehead atoms. The van der Waals surface area contributed by atoms with Gasteiger partial charge in [-0.05, 0) is 80.6 Å². The Hall–Kier alpha value is -5.21. The standard InChI is InChI=1S/C37H24N2/c1-2-11-26(12-3-1)39(36-22-23-38-35-19-7-6-16-34(35)36)27-13-8-10-25(24-27)28-20-21-33-30-15-5-4-14-29(30)32-18-9-17-31(28)37(32)33/h1-24H. The highest BCUT2D eigenvalue weighted by Crippen LogP contribution is 2.49. The van der Waals surface area contributed by atoms with E-state index in [2.05, 4.69) is 143 Å². The van der Waals surface area contributed by atoms with Gasteiger partial charge in [0.2, 0.25) is 0 Å². The van der Waals surface area contributed by atoms with Crippen molar-refractivity contribution in [2.45, 2.75) is 0 Å². The maximum atomic E-state index is 4.62. The second-order valence-corrected chi connectivity index (χ2v) is 10.0. The highest BCUT2D eigenvalue weighted by molar-refractivity contribution is 6.18. The molecule has 0 radical (unpaired) electrons. The molecular weight excluding hydrogens is 472 g/mol. The number of nitrogens with zero attached hydrogens (tertiary/aromatic N) is 2. The fraction of sp³-hybridized carbons (Fsp3) is 0. The molecule has 1 aromatic heterocycles. The van der Waals surface area contributed by atoms with Crippen molar-refractivity contribution in [1.29, 1.82) is 0 Å². The van der Waals surface area contributed by atoms with Gasteiger partial charge in [-0.25, -0.2) is 0 Å². The number of pyridine rings is 1. The number of para-hydroxylation sites is 2. The summed E-state index contributed by atoms with van der Waals surface area (Å²) in [7, 11) is 0. The molecule has 1 heterocycles. The Labute approximate surface area is 227 Å². The predicted octanol–water partition coefficient (Wildman–Crippen LogP) is 10.2. The van der Waals surface area contributed by atoms with Gasteiger partial charge in [-0.3, -0.25) is 4.98 Å². The van der Waals surface area contributed by atoms with Crippen LogP contribution in [0.2, 0.25) is 0 Å². The molecule has 0 aliphatic heterocycles. The van der Waals surface area contributed by atoms with Gasteiger partial charge in [0.1, 0.15) is 0 Å². The molecule has 0 N–H and O–H groups in total. The highest BCUT2D eigenvalue weighted by Gasteiger charge is 2.22. The lowest BCUT2D eigenvalue weighted by Crippen LogP contribution is -2.10. The lowest BCUT2D eigenvalue weighted by molar-refractivity contribution is 1.28. The minimum absolute atomic E-state index is 0.985. The van der Waals surface area contributed by atoms with Crippen molar-refractivity contribution in [3.8, 4) is 33.4 Å². The Morgan fingerprint density at radius 1 is 0.436 bits per heavy atom. The molecule has 39 heavy (non-hydrogen) atoms. The summed E-state index contributed by atoms with van der Waals surface area (Å²) >= 11 is 0. The Kier molecular flexibility index (Phi) is 4.86. The molecule has 0 spiro atoms. The maximum absolute atomic E-state index is 4.62. The summed E-state index contributed by atoms with van der Waals surface area (Å²) in [4.78, 5) is 6.96. The van der Waals surface area contributed by atoms with E-state index in [1.807, 2.05) is 12.3 Å². The van der Waals surface area contributed by atoms with Gasteiger partial charge in [-0.2, -0.15) is 0 Å². The minimum Gasteiger partial charge on any atom is -0.310 e. The van der Waals surface area contributed by atoms with Crippen molar-refractivity contribution >= 4 is 38.7 Å². The van der Waals surface area contributed by atoms with Crippen molar-refractivity contribution in [1.82, 2.24) is 4.98 Å². The van der Waals surface area contributed by atoms with Crippen LogP contribution in [0.1, 0.15) is 0 Å². The third-order valence-corrected chi connectivity index (χ3v) is 7.84. The second kappa shape index (κ2) is 8.68. The van der Waals surface area contributed by atoms with Gasteiger partial charge in [0, 0.05) is 23.0 Å². The van der Waals surface area contributed by atoms with Crippen LogP contribution >= 0.6 is 0 Å². The second-order valence-electron chi connectivity index (χ2n) is 10.0. The van der Waals surface area contributed by atoms with Gasteiger partial charge in [0.25, 0.3) is 0 Å². The van der Waals surface area contributed by atoms with Crippen LogP contribution in [-0.4, -0.2) is 4.98 Å². The van der Waals surface area contributed by atoms with Gasteiger partial charge < -0.3 is 4.90 Å². The van der Waals surface area contributed by atoms with Crippen LogP contribution in [0.4, 0.5) is 17.1 Å². The molecule has 0 atom stereocenters. The van der Waals surface area contributed by atoms with E-state index in [1.54, 1.807) is 0 Å². The van der Waals surface area contributed by atoms with E-state index in [1.165, 1.54) is 44.2 Å². The number of aromatic nitrogens is 1. The number of benzene rings is 6. The molecule has 0 unspecified atom stereocenters. The van der Waals surface area contributed by atoms with E-state index in [0.29, 0.717) is 0 Å². The molecule has 182 valence electrons. The average Bonchev–Trinajstić information content (AvgIpc) is 3.34. The lowest BCUT2D eigenvalue weighted by Gasteiger charge is -2.27. The zero-order chi connectivity index (χ0) is 25.8. The predicted molar refractivity (Wildman–Crippen MR) is 164 cm³/mol. The summed E-state index contributed by atoms with van der Waals surface area (Å²) in [5.41, 5.74) is 12.1. The third kappa shape index (κ3) is 3.39. The summed E-state index contributed by atoms with van der Waals surface area (Å²) in [5, 5.41) is 3.76. The zero-order valence-electron chi connectivity index (χ0n) is 21.3. The van der Waals surface area contributed by atoms with Gasteiger partial charge in [-0.1, -0.05) is 103 Å². The molecule has 0 saturated carbocycles. The van der Waals surface area contributed by atoms with Crippen LogP contribution < -0.4 is 4.90 Å². The van der Waals surface area contributed by atoms with E-state index >= 15 is 0 Å². The van der Waals surface area contributed by atoms with Crippen molar-refractivity contribution in [3.05, 3.63) is 146 Å². The van der Waals surface area contributed by atoms with E-state index in [9.17, 15) is 0 Å². The van der Waals surface area contributed by atoms with Crippen LogP contribution in [0.15, 0.2) is 146 Å². The van der Waals surface area contributed by atoms with E-state index < -0.39 is 0 Å². The van der Waals surface area contributed by atoms with Gasteiger partial charge in [-0.15, -0.1) is 0 Å². The van der Waals surface area contributed by atoms with Crippen molar-refractivity contribution in [3.63, 3.8) is 0 Å². The normalized spacial score (nSPS) is 11.6. The number of rotatable bonds is 4. The van der Waals surface area contributed by atoms with Crippen LogP contribution in [0.3, 0.4) is 0 Å². The van der Waals surface area contributed by atoms with E-state index in [-0.39, 0.29) is 0 Å². The van der Waals surface area contributed by atoms with Crippen LogP contribution in [0.25, 0.3) is 55.1 Å². The topological polar surface area (TPSA) is 16.1 Å². The van der Waals surface area contributed by atoms with Crippen molar-refractivity contribution in [2.24, 2.45) is 0 Å². The lowest BCUT2D eigenvalue weighted by atomic mass is 9.94. The molecule has 8 rings (SSSR count). The molecule has 7 aromatic rings. The quantitative estimate of drug-likeness (QED) is 0.241. The van der Waals surface area contributed by atoms with E-state index in [4.69, 9.17) is 0 Å². The van der Waals surface area contributed by atoms with E-state index in [0.717, 1.165) is 28.0 Å². The Bertz CT molecular complexity index is 1990. The van der Waals surface area contributed by atoms with Crippen LogP contribution in [-0.2, 0) is 0 Å². The third-order valence-electron chi connectivity index (χ3n) is 7.84. The summed E-state index contributed by atoms with van der Waals surface area (Å²) in [6.07, 6.45) is 1.90. The summed E-state index contributed by atoms with van der Waals surface area (Å²) < 4.78 is 0. The number of fused-ring (bicyclic) bond motifs is 4. The summed E-state index contributed by atoms with van der Waals surface area (Å²) in [6, 6.07) is 50.0. The number of anilines is 3. The number of hydrogen-bond donors (Lipinski definition) is 0. The zero-order valence-corrected chi connectivity index (χ0v) is 21.3. The Balaban J connectivity index is 1.34. The van der Waals surface area contributed by atoms with Gasteiger partial charge in [0.05, 0.1) is 11.2 Å². The average molecular weight is 497 g/mol. The Morgan fingerprint density at radius 3 is 1.95 bits per heavy atom. The molecule has 1 aliphatic carbocycles. The van der Waals surface area contributed by atoms with Gasteiger partial charge in [0.15, 0.2) is 0 Å². The molecule has 0 saturated heterocycles. The van der Waals surface area contributed by atoms with Crippen LogP contribution in [0, 0.1) is 0 Å². The molecular formula is C37H24N2. The first-order valence-electron chi connectivity index (χ1n) is 13.3. The molecule has 1 aliphatic rings. The molecule has 0 fully saturated rings. The summed E-state index contributed by atoms with van der Waals surface area (Å²) in [6.45, 7) is 0. The fourth-order valence-corrected chi connectivity index (χ4v) is 6.15. The molecule has 2 heteroatoms. The van der Waals surface area contributed by atoms with Crippen LogP contribution in [0.5, 0.6) is 0 Å². The largest absolute Gasteiger partial charge is 0.310 e. The molecule has 6 aromatic carbocycles. The fourth-order valence-electron chi connectivity index (χ4n) is 6.15. The molecule has 0 amide bonds. The maximum Gasteiger partial charge on any atom is 0.0723 e. The van der Waals surface area contributed by atoms with Crippen molar-refractivity contribution in [2.75, 3.05) is 4.90 Å². The first kappa shape index (κ1) is 21.8. The monoisotopic (exact) mass is 496 g/mol. The Morgan fingerprint density at radius 2 is 1.08 bits per heavy atom. The first-order valence-corrected chi connectivity index (χ1v) is 13.3.